The van der Waals surface area contributed by atoms with E-state index in [0.29, 0.717) is 26.4 Å². The zero-order valence-electron chi connectivity index (χ0n) is 23.9. The minimum atomic E-state index is -0.395. The van der Waals surface area contributed by atoms with Gasteiger partial charge >= 0.3 is 11.9 Å². The Kier molecular flexibility index (Phi) is 14.0. The van der Waals surface area contributed by atoms with Crippen molar-refractivity contribution >= 4 is 36.2 Å². The number of benzene rings is 3. The summed E-state index contributed by atoms with van der Waals surface area (Å²) in [5, 5.41) is 0. The number of esters is 2. The number of carbonyl (C=O) groups excluding carboxylic acids is 2. The second-order valence-corrected chi connectivity index (χ2v) is 9.33. The van der Waals surface area contributed by atoms with Crippen LogP contribution in [-0.4, -0.2) is 38.4 Å². The highest BCUT2D eigenvalue weighted by Gasteiger charge is 1.99. The van der Waals surface area contributed by atoms with E-state index in [2.05, 4.69) is 61.7 Å². The molecule has 0 spiro atoms. The van der Waals surface area contributed by atoms with Crippen LogP contribution >= 0.6 is 0 Å². The minimum Gasteiger partial charge on any atom is -0.494 e. The summed E-state index contributed by atoms with van der Waals surface area (Å²) in [4.78, 5) is 22.0. The molecule has 6 nitrogen and oxygen atoms in total. The van der Waals surface area contributed by atoms with Gasteiger partial charge < -0.3 is 18.9 Å². The van der Waals surface area contributed by atoms with Crippen LogP contribution in [0.1, 0.15) is 47.9 Å². The first-order valence-electron chi connectivity index (χ1n) is 14.1. The van der Waals surface area contributed by atoms with Gasteiger partial charge in [-0.15, -0.1) is 0 Å². The van der Waals surface area contributed by atoms with Crippen molar-refractivity contribution in [2.45, 2.75) is 25.7 Å². The normalized spacial score (nSPS) is 10.9. The molecule has 0 aliphatic carbocycles. The largest absolute Gasteiger partial charge is 0.494 e. The predicted molar refractivity (Wildman–Crippen MR) is 169 cm³/mol. The predicted octanol–water partition coefficient (Wildman–Crippen LogP) is 7.80. The third-order valence-corrected chi connectivity index (χ3v) is 6.07. The lowest BCUT2D eigenvalue weighted by Gasteiger charge is -2.06. The number of hydrogen-bond acceptors (Lipinski definition) is 6. The van der Waals surface area contributed by atoms with Gasteiger partial charge in [0.1, 0.15) is 11.5 Å². The average molecular weight is 567 g/mol. The zero-order chi connectivity index (χ0) is 29.8. The van der Waals surface area contributed by atoms with Crippen molar-refractivity contribution in [2.75, 3.05) is 26.4 Å². The Morgan fingerprint density at radius 3 is 1.07 bits per heavy atom. The van der Waals surface area contributed by atoms with Crippen LogP contribution in [0, 0.1) is 0 Å². The van der Waals surface area contributed by atoms with E-state index >= 15 is 0 Å². The molecule has 0 N–H and O–H groups in total. The van der Waals surface area contributed by atoms with Gasteiger partial charge in [0.05, 0.1) is 26.4 Å². The van der Waals surface area contributed by atoms with Crippen LogP contribution in [0.15, 0.2) is 98.1 Å². The van der Waals surface area contributed by atoms with Gasteiger partial charge in [-0.05, 0) is 72.2 Å². The SMILES string of the molecule is C=CC(=O)OCCCCOc1ccc(C=Cc2ccc(C=Cc3ccc(OCCCCOC(=O)C=C)cc3)cc2)cc1. The molecule has 0 aliphatic rings. The lowest BCUT2D eigenvalue weighted by atomic mass is 10.1. The minimum absolute atomic E-state index is 0.376. The van der Waals surface area contributed by atoms with Gasteiger partial charge in [-0.3, -0.25) is 0 Å². The zero-order valence-corrected chi connectivity index (χ0v) is 23.9. The molecule has 0 aliphatic heterocycles. The maximum Gasteiger partial charge on any atom is 0.330 e. The molecule has 218 valence electrons. The summed E-state index contributed by atoms with van der Waals surface area (Å²) in [6.07, 6.45) is 13.8. The third kappa shape index (κ3) is 12.6. The van der Waals surface area contributed by atoms with Crippen LogP contribution in [0.3, 0.4) is 0 Å². The molecule has 0 bridgehead atoms. The van der Waals surface area contributed by atoms with Crippen molar-refractivity contribution in [3.05, 3.63) is 120 Å². The highest BCUT2D eigenvalue weighted by atomic mass is 16.5. The van der Waals surface area contributed by atoms with Crippen molar-refractivity contribution in [3.8, 4) is 11.5 Å². The summed E-state index contributed by atoms with van der Waals surface area (Å²) in [6.45, 7) is 8.63. The molecule has 3 aromatic rings. The second kappa shape index (κ2) is 18.5. The van der Waals surface area contributed by atoms with E-state index in [0.717, 1.165) is 59.4 Å². The van der Waals surface area contributed by atoms with E-state index in [1.807, 2.05) is 48.5 Å². The standard InChI is InChI=1S/C36H38O6/c1-3-35(37)41-27-7-5-25-39-33-21-17-31(18-22-33)15-13-29-9-11-30(12-10-29)14-16-32-19-23-34(24-20-32)40-26-6-8-28-42-36(38)4-2/h3-4,9-24H,1-2,5-8,25-28H2. The molecule has 42 heavy (non-hydrogen) atoms. The van der Waals surface area contributed by atoms with Crippen molar-refractivity contribution < 1.29 is 28.5 Å². The number of carbonyl (C=O) groups is 2. The summed E-state index contributed by atoms with van der Waals surface area (Å²) in [7, 11) is 0. The monoisotopic (exact) mass is 566 g/mol. The van der Waals surface area contributed by atoms with Gasteiger partial charge in [-0.1, -0.05) is 86.0 Å². The first-order valence-corrected chi connectivity index (χ1v) is 14.1. The van der Waals surface area contributed by atoms with Crippen LogP contribution in [0.2, 0.25) is 0 Å². The van der Waals surface area contributed by atoms with E-state index in [1.54, 1.807) is 0 Å². The van der Waals surface area contributed by atoms with Gasteiger partial charge in [-0.25, -0.2) is 9.59 Å². The lowest BCUT2D eigenvalue weighted by molar-refractivity contribution is -0.138. The molecule has 0 aromatic heterocycles. The Bertz CT molecular complexity index is 1210. The molecule has 0 unspecified atom stereocenters. The number of hydrogen-bond donors (Lipinski definition) is 0. The van der Waals surface area contributed by atoms with Crippen LogP contribution in [0.25, 0.3) is 24.3 Å². The van der Waals surface area contributed by atoms with Gasteiger partial charge in [0.25, 0.3) is 0 Å². The smallest absolute Gasteiger partial charge is 0.330 e. The van der Waals surface area contributed by atoms with E-state index in [9.17, 15) is 9.59 Å². The van der Waals surface area contributed by atoms with Crippen LogP contribution in [0.4, 0.5) is 0 Å². The molecule has 0 radical (unpaired) electrons. The van der Waals surface area contributed by atoms with Crippen LogP contribution in [-0.2, 0) is 19.1 Å². The maximum absolute atomic E-state index is 11.0. The summed E-state index contributed by atoms with van der Waals surface area (Å²) in [6, 6.07) is 24.3. The van der Waals surface area contributed by atoms with Crippen LogP contribution < -0.4 is 9.47 Å². The van der Waals surface area contributed by atoms with Crippen molar-refractivity contribution in [1.82, 2.24) is 0 Å². The van der Waals surface area contributed by atoms with Gasteiger partial charge in [0.15, 0.2) is 0 Å². The van der Waals surface area contributed by atoms with Gasteiger partial charge in [0, 0.05) is 12.2 Å². The average Bonchev–Trinajstić information content (AvgIpc) is 3.03. The molecule has 0 saturated carbocycles. The van der Waals surface area contributed by atoms with Crippen molar-refractivity contribution in [1.29, 1.82) is 0 Å². The molecular formula is C36H38O6. The fraction of sp³-hybridized carbons (Fsp3) is 0.222. The summed E-state index contributed by atoms with van der Waals surface area (Å²) < 4.78 is 21.4. The second-order valence-electron chi connectivity index (χ2n) is 9.33. The van der Waals surface area contributed by atoms with Gasteiger partial charge in [-0.2, -0.15) is 0 Å². The fourth-order valence-electron chi connectivity index (χ4n) is 3.71. The molecule has 3 aromatic carbocycles. The maximum atomic E-state index is 11.0. The van der Waals surface area contributed by atoms with E-state index in [1.165, 1.54) is 12.2 Å². The van der Waals surface area contributed by atoms with E-state index in [4.69, 9.17) is 18.9 Å². The quantitative estimate of drug-likeness (QED) is 0.0677. The molecule has 0 fully saturated rings. The highest BCUT2D eigenvalue weighted by Crippen LogP contribution is 2.17. The first kappa shape index (κ1) is 31.7. The highest BCUT2D eigenvalue weighted by molar-refractivity contribution is 5.81. The van der Waals surface area contributed by atoms with E-state index < -0.39 is 11.9 Å². The number of unbranched alkanes of at least 4 members (excludes halogenated alkanes) is 2. The Morgan fingerprint density at radius 2 is 0.762 bits per heavy atom. The summed E-state index contributed by atoms with van der Waals surface area (Å²) in [5.41, 5.74) is 4.41. The lowest BCUT2D eigenvalue weighted by Crippen LogP contribution is -2.04. The van der Waals surface area contributed by atoms with E-state index in [-0.39, 0.29) is 0 Å². The van der Waals surface area contributed by atoms with Crippen LogP contribution in [0.5, 0.6) is 11.5 Å². The first-order chi connectivity index (χ1) is 20.6. The Hall–Kier alpha value is -4.84. The fourth-order valence-corrected chi connectivity index (χ4v) is 3.71. The third-order valence-electron chi connectivity index (χ3n) is 6.07. The molecule has 0 heterocycles. The Balaban J connectivity index is 1.36. The van der Waals surface area contributed by atoms with Crippen molar-refractivity contribution in [2.24, 2.45) is 0 Å². The summed E-state index contributed by atoms with van der Waals surface area (Å²) >= 11 is 0. The molecule has 6 heteroatoms. The number of ether oxygens (including phenoxy) is 4. The topological polar surface area (TPSA) is 71.1 Å². The molecule has 3 rings (SSSR count). The molecule has 0 atom stereocenters. The number of rotatable bonds is 18. The Labute approximate surface area is 248 Å². The van der Waals surface area contributed by atoms with Gasteiger partial charge in [0.2, 0.25) is 0 Å². The Morgan fingerprint density at radius 1 is 0.476 bits per heavy atom. The molecular weight excluding hydrogens is 528 g/mol. The van der Waals surface area contributed by atoms with Crippen molar-refractivity contribution in [3.63, 3.8) is 0 Å². The molecule has 0 amide bonds. The molecule has 0 saturated heterocycles. The summed E-state index contributed by atoms with van der Waals surface area (Å²) in [5.74, 6) is 0.838.